The first-order valence-electron chi connectivity index (χ1n) is 5.04. The van der Waals surface area contributed by atoms with Crippen molar-refractivity contribution < 1.29 is 0 Å². The summed E-state index contributed by atoms with van der Waals surface area (Å²) in [5, 5.41) is 3.61. The number of hydrogen-bond acceptors (Lipinski definition) is 4. The van der Waals surface area contributed by atoms with Crippen LogP contribution in [0.4, 0.5) is 5.82 Å². The maximum absolute atomic E-state index is 5.71. The van der Waals surface area contributed by atoms with E-state index in [4.69, 9.17) is 11.6 Å². The molecule has 4 nitrogen and oxygen atoms in total. The molecule has 84 valence electrons. The lowest BCUT2D eigenvalue weighted by Crippen LogP contribution is -2.14. The fraction of sp³-hybridized carbons (Fsp3) is 0.600. The van der Waals surface area contributed by atoms with E-state index in [0.29, 0.717) is 5.15 Å². The van der Waals surface area contributed by atoms with Crippen molar-refractivity contribution in [1.82, 2.24) is 14.9 Å². The van der Waals surface area contributed by atoms with Gasteiger partial charge in [-0.3, -0.25) is 4.98 Å². The SMILES string of the molecule is CN(C)CCCCNc1cncc(Cl)n1. The number of unbranched alkanes of at least 4 members (excludes halogenated alkanes) is 1. The summed E-state index contributed by atoms with van der Waals surface area (Å²) in [5.41, 5.74) is 0. The van der Waals surface area contributed by atoms with E-state index in [1.165, 1.54) is 12.6 Å². The summed E-state index contributed by atoms with van der Waals surface area (Å²) in [7, 11) is 4.16. The summed E-state index contributed by atoms with van der Waals surface area (Å²) in [6.45, 7) is 2.02. The molecule has 0 saturated heterocycles. The van der Waals surface area contributed by atoms with Crippen LogP contribution in [0.1, 0.15) is 12.8 Å². The van der Waals surface area contributed by atoms with Gasteiger partial charge in [-0.2, -0.15) is 0 Å². The van der Waals surface area contributed by atoms with E-state index in [2.05, 4.69) is 34.3 Å². The van der Waals surface area contributed by atoms with Gasteiger partial charge in [-0.1, -0.05) is 11.6 Å². The lowest BCUT2D eigenvalue weighted by molar-refractivity contribution is 0.396. The minimum atomic E-state index is 0.424. The molecule has 0 bridgehead atoms. The van der Waals surface area contributed by atoms with E-state index in [1.807, 2.05) is 0 Å². The number of aromatic nitrogens is 2. The Balaban J connectivity index is 2.15. The highest BCUT2D eigenvalue weighted by Gasteiger charge is 1.95. The van der Waals surface area contributed by atoms with Gasteiger partial charge in [-0.05, 0) is 33.5 Å². The second-order valence-corrected chi connectivity index (χ2v) is 4.05. The molecule has 0 unspecified atom stereocenters. The first-order valence-corrected chi connectivity index (χ1v) is 5.42. The Bertz CT molecular complexity index is 291. The molecule has 0 radical (unpaired) electrons. The van der Waals surface area contributed by atoms with Gasteiger partial charge < -0.3 is 10.2 Å². The lowest BCUT2D eigenvalue weighted by Gasteiger charge is -2.09. The molecule has 0 aliphatic carbocycles. The second-order valence-electron chi connectivity index (χ2n) is 3.66. The molecule has 0 saturated carbocycles. The largest absolute Gasteiger partial charge is 0.369 e. The summed E-state index contributed by atoms with van der Waals surface area (Å²) in [4.78, 5) is 10.2. The Hall–Kier alpha value is -0.870. The summed E-state index contributed by atoms with van der Waals surface area (Å²) in [5.74, 6) is 0.743. The molecule has 0 fully saturated rings. The summed E-state index contributed by atoms with van der Waals surface area (Å²) >= 11 is 5.71. The van der Waals surface area contributed by atoms with E-state index in [1.54, 1.807) is 6.20 Å². The van der Waals surface area contributed by atoms with Crippen LogP contribution in [0.25, 0.3) is 0 Å². The van der Waals surface area contributed by atoms with Gasteiger partial charge in [0.2, 0.25) is 0 Å². The van der Waals surface area contributed by atoms with Gasteiger partial charge in [0, 0.05) is 6.54 Å². The fourth-order valence-corrected chi connectivity index (χ4v) is 1.34. The first kappa shape index (κ1) is 12.2. The maximum atomic E-state index is 5.71. The van der Waals surface area contributed by atoms with E-state index in [-0.39, 0.29) is 0 Å². The van der Waals surface area contributed by atoms with Crippen molar-refractivity contribution in [3.05, 3.63) is 17.5 Å². The molecule has 0 aliphatic heterocycles. The van der Waals surface area contributed by atoms with Crippen LogP contribution in [0.15, 0.2) is 12.4 Å². The monoisotopic (exact) mass is 228 g/mol. The molecule has 0 atom stereocenters. The van der Waals surface area contributed by atoms with Crippen LogP contribution in [-0.2, 0) is 0 Å². The average Bonchev–Trinajstić information content (AvgIpc) is 2.17. The fourth-order valence-electron chi connectivity index (χ4n) is 1.20. The number of nitrogens with zero attached hydrogens (tertiary/aromatic N) is 3. The zero-order chi connectivity index (χ0) is 11.1. The minimum Gasteiger partial charge on any atom is -0.369 e. The van der Waals surface area contributed by atoms with Crippen molar-refractivity contribution in [2.45, 2.75) is 12.8 Å². The molecule has 0 aromatic carbocycles. The van der Waals surface area contributed by atoms with Crippen molar-refractivity contribution in [3.63, 3.8) is 0 Å². The molecule has 0 amide bonds. The molecule has 15 heavy (non-hydrogen) atoms. The van der Waals surface area contributed by atoms with Gasteiger partial charge in [0.25, 0.3) is 0 Å². The quantitative estimate of drug-likeness (QED) is 0.755. The van der Waals surface area contributed by atoms with Crippen LogP contribution in [0.2, 0.25) is 5.15 Å². The smallest absolute Gasteiger partial charge is 0.149 e. The summed E-state index contributed by atoms with van der Waals surface area (Å²) in [6, 6.07) is 0. The van der Waals surface area contributed by atoms with Crippen LogP contribution in [-0.4, -0.2) is 42.1 Å². The molecule has 5 heteroatoms. The Labute approximate surface area is 95.7 Å². The highest BCUT2D eigenvalue weighted by atomic mass is 35.5. The van der Waals surface area contributed by atoms with Gasteiger partial charge >= 0.3 is 0 Å². The third-order valence-corrected chi connectivity index (χ3v) is 2.13. The first-order chi connectivity index (χ1) is 7.18. The Morgan fingerprint density at radius 2 is 2.13 bits per heavy atom. The number of halogens is 1. The van der Waals surface area contributed by atoms with E-state index >= 15 is 0 Å². The molecule has 1 N–H and O–H groups in total. The maximum Gasteiger partial charge on any atom is 0.149 e. The molecule has 1 aromatic heterocycles. The molecule has 1 aromatic rings. The van der Waals surface area contributed by atoms with Crippen LogP contribution in [0.3, 0.4) is 0 Å². The predicted octanol–water partition coefficient (Wildman–Crippen LogP) is 1.88. The van der Waals surface area contributed by atoms with E-state index < -0.39 is 0 Å². The molecule has 1 rings (SSSR count). The van der Waals surface area contributed by atoms with Gasteiger partial charge in [0.1, 0.15) is 11.0 Å². The number of nitrogens with one attached hydrogen (secondary N) is 1. The lowest BCUT2D eigenvalue weighted by atomic mass is 10.3. The highest BCUT2D eigenvalue weighted by molar-refractivity contribution is 6.29. The van der Waals surface area contributed by atoms with Crippen LogP contribution in [0, 0.1) is 0 Å². The summed E-state index contributed by atoms with van der Waals surface area (Å²) < 4.78 is 0. The molecular formula is C10H17ClN4. The van der Waals surface area contributed by atoms with Gasteiger partial charge in [-0.15, -0.1) is 0 Å². The Kier molecular flexibility index (Phi) is 5.36. The number of rotatable bonds is 6. The van der Waals surface area contributed by atoms with E-state index in [0.717, 1.165) is 25.3 Å². The normalized spacial score (nSPS) is 10.7. The van der Waals surface area contributed by atoms with Crippen molar-refractivity contribution in [2.24, 2.45) is 0 Å². The highest BCUT2D eigenvalue weighted by Crippen LogP contribution is 2.06. The second kappa shape index (κ2) is 6.58. The zero-order valence-corrected chi connectivity index (χ0v) is 9.96. The topological polar surface area (TPSA) is 41.0 Å². The molecule has 0 aliphatic rings. The number of hydrogen-bond donors (Lipinski definition) is 1. The van der Waals surface area contributed by atoms with Crippen LogP contribution in [0.5, 0.6) is 0 Å². The Morgan fingerprint density at radius 3 is 2.80 bits per heavy atom. The molecule has 0 spiro atoms. The predicted molar refractivity (Wildman–Crippen MR) is 63.3 cm³/mol. The average molecular weight is 229 g/mol. The van der Waals surface area contributed by atoms with Crippen LogP contribution >= 0.6 is 11.6 Å². The van der Waals surface area contributed by atoms with Crippen molar-refractivity contribution in [3.8, 4) is 0 Å². The molecular weight excluding hydrogens is 212 g/mol. The minimum absolute atomic E-state index is 0.424. The van der Waals surface area contributed by atoms with Gasteiger partial charge in [-0.25, -0.2) is 4.98 Å². The third kappa shape index (κ3) is 5.54. The zero-order valence-electron chi connectivity index (χ0n) is 9.20. The Morgan fingerprint density at radius 1 is 1.33 bits per heavy atom. The van der Waals surface area contributed by atoms with Crippen molar-refractivity contribution >= 4 is 17.4 Å². The number of anilines is 1. The standard InChI is InChI=1S/C10H17ClN4/c1-15(2)6-4-3-5-13-10-8-12-7-9(11)14-10/h7-8H,3-6H2,1-2H3,(H,13,14). The van der Waals surface area contributed by atoms with Crippen molar-refractivity contribution in [2.75, 3.05) is 32.5 Å². The van der Waals surface area contributed by atoms with Gasteiger partial charge in [0.15, 0.2) is 0 Å². The van der Waals surface area contributed by atoms with Crippen molar-refractivity contribution in [1.29, 1.82) is 0 Å². The summed E-state index contributed by atoms with van der Waals surface area (Å²) in [6.07, 6.45) is 5.50. The van der Waals surface area contributed by atoms with E-state index in [9.17, 15) is 0 Å². The molecule has 1 heterocycles. The van der Waals surface area contributed by atoms with Crippen LogP contribution < -0.4 is 5.32 Å². The third-order valence-electron chi connectivity index (χ3n) is 1.94. The van der Waals surface area contributed by atoms with Gasteiger partial charge in [0.05, 0.1) is 12.4 Å².